The van der Waals surface area contributed by atoms with Gasteiger partial charge in [-0.1, -0.05) is 6.92 Å². The maximum Gasteiger partial charge on any atom is 0.312 e. The highest BCUT2D eigenvalue weighted by atomic mass is 16.3. The molecule has 0 aromatic rings. The van der Waals surface area contributed by atoms with Gasteiger partial charge in [-0.3, -0.25) is 0 Å². The molecule has 0 rings (SSSR count). The lowest BCUT2D eigenvalue weighted by atomic mass is 10.2. The molecule has 2 amide bonds. The Bertz CT molecular complexity index is 95.0. The van der Waals surface area contributed by atoms with Gasteiger partial charge in [-0.2, -0.15) is 0 Å². The summed E-state index contributed by atoms with van der Waals surface area (Å²) in [5, 5.41) is 10.8. The van der Waals surface area contributed by atoms with Gasteiger partial charge in [0.1, 0.15) is 0 Å². The van der Waals surface area contributed by atoms with E-state index in [0.29, 0.717) is 6.54 Å². The van der Waals surface area contributed by atoms with E-state index in [-0.39, 0.29) is 12.5 Å². The van der Waals surface area contributed by atoms with Crippen LogP contribution in [0.15, 0.2) is 0 Å². The molecule has 0 aliphatic carbocycles. The maximum atomic E-state index is 10.0. The molecule has 0 bridgehead atoms. The normalized spacial score (nSPS) is 12.7. The summed E-state index contributed by atoms with van der Waals surface area (Å²) < 4.78 is 0. The van der Waals surface area contributed by atoms with Crippen molar-refractivity contribution in [3.63, 3.8) is 0 Å². The van der Waals surface area contributed by atoms with E-state index in [0.717, 1.165) is 0 Å². The minimum absolute atomic E-state index is 0.0697. The number of aliphatic hydroxyl groups is 1. The van der Waals surface area contributed by atoms with Gasteiger partial charge in [0, 0.05) is 13.2 Å². The summed E-state index contributed by atoms with van der Waals surface area (Å²) in [6.07, 6.45) is 0. The minimum Gasteiger partial charge on any atom is -0.396 e. The number of rotatable bonds is 3. The SMILES string of the molecule is CC(CO)CNC(N)=O. The summed E-state index contributed by atoms with van der Waals surface area (Å²) in [5.41, 5.74) is 4.76. The van der Waals surface area contributed by atoms with Crippen LogP contribution in [0.1, 0.15) is 6.92 Å². The molecule has 0 heterocycles. The zero-order valence-electron chi connectivity index (χ0n) is 5.42. The Hall–Kier alpha value is -0.770. The number of carbonyl (C=O) groups is 1. The summed E-state index contributed by atoms with van der Waals surface area (Å²) in [6, 6.07) is -0.546. The largest absolute Gasteiger partial charge is 0.396 e. The van der Waals surface area contributed by atoms with Crippen LogP contribution in [0.4, 0.5) is 4.79 Å². The summed E-state index contributed by atoms with van der Waals surface area (Å²) in [4.78, 5) is 10.0. The molecule has 1 atom stereocenters. The molecular weight excluding hydrogens is 120 g/mol. The third-order valence-corrected chi connectivity index (χ3v) is 0.936. The Morgan fingerprint density at radius 3 is 2.78 bits per heavy atom. The van der Waals surface area contributed by atoms with Gasteiger partial charge in [-0.15, -0.1) is 0 Å². The van der Waals surface area contributed by atoms with Gasteiger partial charge in [-0.25, -0.2) is 4.79 Å². The number of carbonyl (C=O) groups excluding carboxylic acids is 1. The molecular formula is C5H12N2O2. The van der Waals surface area contributed by atoms with Crippen molar-refractivity contribution in [2.24, 2.45) is 11.7 Å². The predicted octanol–water partition coefficient (Wildman–Crippen LogP) is -0.717. The van der Waals surface area contributed by atoms with Crippen LogP contribution in [0.5, 0.6) is 0 Å². The summed E-state index contributed by atoms with van der Waals surface area (Å²) >= 11 is 0. The van der Waals surface area contributed by atoms with Crippen molar-refractivity contribution in [3.8, 4) is 0 Å². The zero-order chi connectivity index (χ0) is 7.28. The average Bonchev–Trinajstić information content (AvgIpc) is 1.83. The average molecular weight is 132 g/mol. The van der Waals surface area contributed by atoms with Crippen molar-refractivity contribution in [2.45, 2.75) is 6.92 Å². The first-order valence-electron chi connectivity index (χ1n) is 2.81. The number of urea groups is 1. The van der Waals surface area contributed by atoms with E-state index < -0.39 is 6.03 Å². The lowest BCUT2D eigenvalue weighted by Crippen LogP contribution is -2.33. The first-order valence-corrected chi connectivity index (χ1v) is 2.81. The molecule has 0 radical (unpaired) electrons. The van der Waals surface area contributed by atoms with Crippen LogP contribution < -0.4 is 11.1 Å². The maximum absolute atomic E-state index is 10.0. The molecule has 1 unspecified atom stereocenters. The van der Waals surface area contributed by atoms with E-state index in [9.17, 15) is 4.79 Å². The highest BCUT2D eigenvalue weighted by Gasteiger charge is 1.98. The Balaban J connectivity index is 3.16. The van der Waals surface area contributed by atoms with Crippen LogP contribution >= 0.6 is 0 Å². The fourth-order valence-corrected chi connectivity index (χ4v) is 0.339. The lowest BCUT2D eigenvalue weighted by molar-refractivity contribution is 0.226. The summed E-state index contributed by atoms with van der Waals surface area (Å²) in [6.45, 7) is 2.32. The Morgan fingerprint density at radius 2 is 2.44 bits per heavy atom. The van der Waals surface area contributed by atoms with Gasteiger partial charge in [-0.05, 0) is 5.92 Å². The molecule has 4 heteroatoms. The van der Waals surface area contributed by atoms with E-state index in [1.807, 2.05) is 6.92 Å². The number of nitrogens with one attached hydrogen (secondary N) is 1. The van der Waals surface area contributed by atoms with Crippen molar-refractivity contribution >= 4 is 6.03 Å². The van der Waals surface area contributed by atoms with Crippen LogP contribution in [0.25, 0.3) is 0 Å². The monoisotopic (exact) mass is 132 g/mol. The van der Waals surface area contributed by atoms with Crippen LogP contribution in [-0.2, 0) is 0 Å². The van der Waals surface area contributed by atoms with Gasteiger partial charge >= 0.3 is 6.03 Å². The van der Waals surface area contributed by atoms with E-state index >= 15 is 0 Å². The van der Waals surface area contributed by atoms with Crippen LogP contribution in [0.3, 0.4) is 0 Å². The van der Waals surface area contributed by atoms with Crippen molar-refractivity contribution < 1.29 is 9.90 Å². The second-order valence-corrected chi connectivity index (χ2v) is 2.03. The standard InChI is InChI=1S/C5H12N2O2/c1-4(3-8)2-7-5(6)9/h4,8H,2-3H2,1H3,(H3,6,7,9). The van der Waals surface area contributed by atoms with Crippen molar-refractivity contribution in [3.05, 3.63) is 0 Å². The van der Waals surface area contributed by atoms with Gasteiger partial charge in [0.05, 0.1) is 0 Å². The van der Waals surface area contributed by atoms with Gasteiger partial charge in [0.2, 0.25) is 0 Å². The van der Waals surface area contributed by atoms with Crippen LogP contribution in [0, 0.1) is 5.92 Å². The predicted molar refractivity (Wildman–Crippen MR) is 33.8 cm³/mol. The van der Waals surface area contributed by atoms with Crippen molar-refractivity contribution in [1.29, 1.82) is 0 Å². The molecule has 0 aliphatic rings. The highest BCUT2D eigenvalue weighted by Crippen LogP contribution is 1.86. The van der Waals surface area contributed by atoms with Gasteiger partial charge in [0.15, 0.2) is 0 Å². The molecule has 0 aromatic heterocycles. The third kappa shape index (κ3) is 5.10. The van der Waals surface area contributed by atoms with Crippen LogP contribution in [0.2, 0.25) is 0 Å². The van der Waals surface area contributed by atoms with E-state index in [1.165, 1.54) is 0 Å². The van der Waals surface area contributed by atoms with Gasteiger partial charge in [0.25, 0.3) is 0 Å². The Kier molecular flexibility index (Phi) is 3.79. The molecule has 0 saturated carbocycles. The topological polar surface area (TPSA) is 75.3 Å². The number of nitrogens with two attached hydrogens (primary N) is 1. The number of hydrogen-bond acceptors (Lipinski definition) is 2. The molecule has 0 saturated heterocycles. The lowest BCUT2D eigenvalue weighted by Gasteiger charge is -2.05. The fraction of sp³-hybridized carbons (Fsp3) is 0.800. The third-order valence-electron chi connectivity index (χ3n) is 0.936. The fourth-order valence-electron chi connectivity index (χ4n) is 0.339. The zero-order valence-corrected chi connectivity index (χ0v) is 5.42. The summed E-state index contributed by atoms with van der Waals surface area (Å²) in [5.74, 6) is 0.0810. The quantitative estimate of drug-likeness (QED) is 0.474. The molecule has 4 N–H and O–H groups in total. The Morgan fingerprint density at radius 1 is 1.89 bits per heavy atom. The van der Waals surface area contributed by atoms with Crippen molar-refractivity contribution in [1.82, 2.24) is 5.32 Å². The molecule has 0 fully saturated rings. The highest BCUT2D eigenvalue weighted by molar-refractivity contribution is 5.71. The second kappa shape index (κ2) is 4.14. The number of primary amides is 1. The van der Waals surface area contributed by atoms with Gasteiger partial charge < -0.3 is 16.2 Å². The summed E-state index contributed by atoms with van der Waals surface area (Å²) in [7, 11) is 0. The van der Waals surface area contributed by atoms with E-state index in [1.54, 1.807) is 0 Å². The van der Waals surface area contributed by atoms with E-state index in [2.05, 4.69) is 5.32 Å². The first-order chi connectivity index (χ1) is 4.16. The number of hydrogen-bond donors (Lipinski definition) is 3. The molecule has 0 spiro atoms. The molecule has 4 nitrogen and oxygen atoms in total. The molecule has 0 aliphatic heterocycles. The molecule has 54 valence electrons. The number of amides is 2. The van der Waals surface area contributed by atoms with Crippen LogP contribution in [-0.4, -0.2) is 24.3 Å². The molecule has 0 aromatic carbocycles. The number of aliphatic hydroxyl groups excluding tert-OH is 1. The smallest absolute Gasteiger partial charge is 0.312 e. The van der Waals surface area contributed by atoms with Crippen molar-refractivity contribution in [2.75, 3.05) is 13.2 Å². The second-order valence-electron chi connectivity index (χ2n) is 2.03. The first kappa shape index (κ1) is 8.23. The minimum atomic E-state index is -0.546. The molecule has 9 heavy (non-hydrogen) atoms. The van der Waals surface area contributed by atoms with E-state index in [4.69, 9.17) is 10.8 Å². The Labute approximate surface area is 54.0 Å².